The Kier molecular flexibility index (Phi) is 4.42. The highest BCUT2D eigenvalue weighted by Gasteiger charge is 2.34. The Morgan fingerprint density at radius 2 is 1.71 bits per heavy atom. The third-order valence-electron chi connectivity index (χ3n) is 2.21. The van der Waals surface area contributed by atoms with Crippen LogP contribution < -0.4 is 0 Å². The largest absolute Gasteiger partial charge is 0.406 e. The lowest BCUT2D eigenvalue weighted by Crippen LogP contribution is -2.45. The van der Waals surface area contributed by atoms with E-state index in [9.17, 15) is 18.0 Å². The van der Waals surface area contributed by atoms with Gasteiger partial charge in [0.1, 0.15) is 6.54 Å². The second-order valence-corrected chi connectivity index (χ2v) is 3.75. The van der Waals surface area contributed by atoms with Crippen molar-refractivity contribution >= 4 is 5.91 Å². The highest BCUT2D eigenvalue weighted by atomic mass is 19.4. The predicted octanol–water partition coefficient (Wildman–Crippen LogP) is 2.44. The average molecular weight is 211 g/mol. The van der Waals surface area contributed by atoms with E-state index in [-0.39, 0.29) is 5.92 Å². The molecule has 2 nitrogen and oxygen atoms in total. The molecular weight excluding hydrogens is 195 g/mol. The van der Waals surface area contributed by atoms with Gasteiger partial charge in [0.05, 0.1) is 0 Å². The van der Waals surface area contributed by atoms with E-state index < -0.39 is 24.7 Å². The van der Waals surface area contributed by atoms with Crippen LogP contribution in [0.4, 0.5) is 13.2 Å². The molecule has 0 spiro atoms. The first-order valence-corrected chi connectivity index (χ1v) is 4.49. The summed E-state index contributed by atoms with van der Waals surface area (Å²) in [6.07, 6.45) is -4.32. The highest BCUT2D eigenvalue weighted by Crippen LogP contribution is 2.20. The number of halogens is 3. The van der Waals surface area contributed by atoms with E-state index in [4.69, 9.17) is 0 Å². The van der Waals surface area contributed by atoms with Crippen molar-refractivity contribution in [1.29, 1.82) is 0 Å². The molecule has 1 amide bonds. The van der Waals surface area contributed by atoms with E-state index in [1.807, 2.05) is 0 Å². The van der Waals surface area contributed by atoms with Gasteiger partial charge in [0.2, 0.25) is 5.91 Å². The summed E-state index contributed by atoms with van der Waals surface area (Å²) in [6.45, 7) is 5.19. The van der Waals surface area contributed by atoms with Gasteiger partial charge in [-0.15, -0.1) is 0 Å². The minimum absolute atomic E-state index is 0.0150. The third kappa shape index (κ3) is 4.48. The maximum absolute atomic E-state index is 12.1. The van der Waals surface area contributed by atoms with Crippen LogP contribution in [0, 0.1) is 5.92 Å². The van der Waals surface area contributed by atoms with Crippen molar-refractivity contribution in [1.82, 2.24) is 4.90 Å². The molecule has 0 aromatic heterocycles. The van der Waals surface area contributed by atoms with Crippen molar-refractivity contribution in [3.05, 3.63) is 0 Å². The van der Waals surface area contributed by atoms with Crippen molar-refractivity contribution in [2.24, 2.45) is 5.92 Å². The normalized spacial score (nSPS) is 14.3. The molecule has 0 aromatic carbocycles. The summed E-state index contributed by atoms with van der Waals surface area (Å²) in [4.78, 5) is 11.8. The third-order valence-corrected chi connectivity index (χ3v) is 2.21. The van der Waals surface area contributed by atoms with E-state index in [0.29, 0.717) is 0 Å². The number of hydrogen-bond acceptors (Lipinski definition) is 1. The van der Waals surface area contributed by atoms with Crippen LogP contribution in [-0.2, 0) is 4.79 Å². The zero-order valence-electron chi connectivity index (χ0n) is 8.85. The maximum Gasteiger partial charge on any atom is 0.406 e. The fourth-order valence-electron chi connectivity index (χ4n) is 1.10. The smallest absolute Gasteiger partial charge is 0.331 e. The lowest BCUT2D eigenvalue weighted by molar-refractivity contribution is -0.165. The summed E-state index contributed by atoms with van der Waals surface area (Å²) in [5.41, 5.74) is 0. The van der Waals surface area contributed by atoms with Gasteiger partial charge >= 0.3 is 6.18 Å². The molecule has 0 fully saturated rings. The van der Waals surface area contributed by atoms with Gasteiger partial charge in [-0.3, -0.25) is 4.79 Å². The Balaban J connectivity index is 4.53. The monoisotopic (exact) mass is 211 g/mol. The number of hydrogen-bond donors (Lipinski definition) is 0. The van der Waals surface area contributed by atoms with Gasteiger partial charge in [0, 0.05) is 13.0 Å². The second kappa shape index (κ2) is 4.66. The van der Waals surface area contributed by atoms with Crippen LogP contribution >= 0.6 is 0 Å². The first-order chi connectivity index (χ1) is 6.15. The van der Waals surface area contributed by atoms with Crippen molar-refractivity contribution < 1.29 is 18.0 Å². The van der Waals surface area contributed by atoms with E-state index >= 15 is 0 Å². The lowest BCUT2D eigenvalue weighted by Gasteiger charge is -2.31. The SMILES string of the molecule is CC(=O)N(CC(F)(F)F)C(C)C(C)C. The first kappa shape index (κ1) is 13.3. The van der Waals surface area contributed by atoms with Crippen molar-refractivity contribution in [3.8, 4) is 0 Å². The molecular formula is C9H16F3NO. The minimum atomic E-state index is -4.32. The molecule has 14 heavy (non-hydrogen) atoms. The molecule has 0 aliphatic heterocycles. The summed E-state index contributed by atoms with van der Waals surface area (Å²) in [7, 11) is 0. The summed E-state index contributed by atoms with van der Waals surface area (Å²) in [5.74, 6) is -0.523. The molecule has 1 unspecified atom stereocenters. The summed E-state index contributed by atoms with van der Waals surface area (Å²) in [6, 6.07) is -0.394. The van der Waals surface area contributed by atoms with Crippen LogP contribution in [0.1, 0.15) is 27.7 Å². The summed E-state index contributed by atoms with van der Waals surface area (Å²) < 4.78 is 36.3. The Morgan fingerprint density at radius 3 is 1.93 bits per heavy atom. The molecule has 0 saturated carbocycles. The molecule has 5 heteroatoms. The first-order valence-electron chi connectivity index (χ1n) is 4.49. The second-order valence-electron chi connectivity index (χ2n) is 3.75. The number of nitrogens with zero attached hydrogens (tertiary/aromatic N) is 1. The topological polar surface area (TPSA) is 20.3 Å². The van der Waals surface area contributed by atoms with E-state index in [2.05, 4.69) is 0 Å². The quantitative estimate of drug-likeness (QED) is 0.702. The fourth-order valence-corrected chi connectivity index (χ4v) is 1.10. The fraction of sp³-hybridized carbons (Fsp3) is 0.889. The number of amides is 1. The number of rotatable bonds is 3. The Morgan fingerprint density at radius 1 is 1.29 bits per heavy atom. The van der Waals surface area contributed by atoms with Crippen LogP contribution in [0.3, 0.4) is 0 Å². The van der Waals surface area contributed by atoms with Crippen molar-refractivity contribution in [2.75, 3.05) is 6.54 Å². The van der Waals surface area contributed by atoms with Crippen molar-refractivity contribution in [3.63, 3.8) is 0 Å². The Hall–Kier alpha value is -0.740. The van der Waals surface area contributed by atoms with Gasteiger partial charge in [-0.25, -0.2) is 0 Å². The standard InChI is InChI=1S/C9H16F3NO/c1-6(2)7(3)13(8(4)14)5-9(10,11)12/h6-7H,5H2,1-4H3. The van der Waals surface area contributed by atoms with Crippen LogP contribution in [0.15, 0.2) is 0 Å². The maximum atomic E-state index is 12.1. The molecule has 0 aromatic rings. The highest BCUT2D eigenvalue weighted by molar-refractivity contribution is 5.73. The lowest BCUT2D eigenvalue weighted by atomic mass is 10.0. The molecule has 0 heterocycles. The van der Waals surface area contributed by atoms with Gasteiger partial charge in [-0.2, -0.15) is 13.2 Å². The van der Waals surface area contributed by atoms with Gasteiger partial charge in [0.25, 0.3) is 0 Å². The average Bonchev–Trinajstić information content (AvgIpc) is 1.96. The van der Waals surface area contributed by atoms with Crippen LogP contribution in [0.5, 0.6) is 0 Å². The van der Waals surface area contributed by atoms with Gasteiger partial charge < -0.3 is 4.90 Å². The minimum Gasteiger partial charge on any atom is -0.331 e. The van der Waals surface area contributed by atoms with Gasteiger partial charge in [-0.05, 0) is 12.8 Å². The molecule has 0 radical (unpaired) electrons. The zero-order valence-corrected chi connectivity index (χ0v) is 8.85. The molecule has 0 rings (SSSR count). The molecule has 0 saturated heterocycles. The van der Waals surface area contributed by atoms with Crippen molar-refractivity contribution in [2.45, 2.75) is 39.9 Å². The van der Waals surface area contributed by atoms with Gasteiger partial charge in [-0.1, -0.05) is 13.8 Å². The molecule has 1 atom stereocenters. The van der Waals surface area contributed by atoms with E-state index in [1.165, 1.54) is 0 Å². The van der Waals surface area contributed by atoms with E-state index in [0.717, 1.165) is 11.8 Å². The molecule has 0 aliphatic rings. The number of carbonyl (C=O) groups excluding carboxylic acids is 1. The van der Waals surface area contributed by atoms with Crippen LogP contribution in [-0.4, -0.2) is 29.6 Å². The van der Waals surface area contributed by atoms with Gasteiger partial charge in [0.15, 0.2) is 0 Å². The predicted molar refractivity (Wildman–Crippen MR) is 47.7 cm³/mol. The van der Waals surface area contributed by atoms with Crippen LogP contribution in [0.25, 0.3) is 0 Å². The van der Waals surface area contributed by atoms with E-state index in [1.54, 1.807) is 20.8 Å². The molecule has 84 valence electrons. The molecule has 0 N–H and O–H groups in total. The Labute approximate surface area is 82.1 Å². The molecule has 0 aliphatic carbocycles. The Bertz CT molecular complexity index is 201. The summed E-state index contributed by atoms with van der Waals surface area (Å²) >= 11 is 0. The summed E-state index contributed by atoms with van der Waals surface area (Å²) in [5, 5.41) is 0. The van der Waals surface area contributed by atoms with Crippen LogP contribution in [0.2, 0.25) is 0 Å². The molecule has 0 bridgehead atoms. The number of carbonyl (C=O) groups is 1. The number of alkyl halides is 3. The zero-order chi connectivity index (χ0) is 11.5.